The Labute approximate surface area is 139 Å². The van der Waals surface area contributed by atoms with Crippen molar-refractivity contribution >= 4 is 11.6 Å². The van der Waals surface area contributed by atoms with E-state index in [1.165, 1.54) is 19.4 Å². The maximum atomic E-state index is 12.2. The first-order valence-electron chi connectivity index (χ1n) is 8.51. The number of methoxy groups -OCH3 is 2. The number of benzene rings is 1. The summed E-state index contributed by atoms with van der Waals surface area (Å²) >= 11 is 0. The van der Waals surface area contributed by atoms with Gasteiger partial charge in [-0.1, -0.05) is 6.92 Å². The van der Waals surface area contributed by atoms with E-state index in [0.29, 0.717) is 23.6 Å². The molecule has 128 valence electrons. The Hall–Kier alpha value is -1.75. The number of rotatable bonds is 10. The molecule has 1 saturated carbocycles. The van der Waals surface area contributed by atoms with Crippen LogP contribution < -0.4 is 19.7 Å². The summed E-state index contributed by atoms with van der Waals surface area (Å²) < 4.78 is 10.5. The zero-order valence-corrected chi connectivity index (χ0v) is 14.5. The van der Waals surface area contributed by atoms with Gasteiger partial charge in [-0.05, 0) is 31.4 Å². The number of nitrogens with one attached hydrogen (secondary N) is 2. The summed E-state index contributed by atoms with van der Waals surface area (Å²) in [5.41, 5.74) is 0.692. The highest BCUT2D eigenvalue weighted by Crippen LogP contribution is 2.29. The molecule has 0 bridgehead atoms. The minimum Gasteiger partial charge on any atom is -0.497 e. The smallest absolute Gasteiger partial charge is 0.230 e. The molecule has 23 heavy (non-hydrogen) atoms. The average Bonchev–Trinajstić information content (AvgIpc) is 3.37. The summed E-state index contributed by atoms with van der Waals surface area (Å²) in [4.78, 5) is 13.8. The Balaban J connectivity index is 1.85. The monoisotopic (exact) mass is 321 g/mol. The van der Waals surface area contributed by atoms with E-state index < -0.39 is 0 Å². The number of hydrogen-bond donors (Lipinski definition) is 2. The van der Waals surface area contributed by atoms with Crippen molar-refractivity contribution in [1.29, 1.82) is 0 Å². The van der Waals surface area contributed by atoms with Gasteiger partial charge >= 0.3 is 0 Å². The van der Waals surface area contributed by atoms with E-state index in [2.05, 4.69) is 12.2 Å². The highest BCUT2D eigenvalue weighted by molar-refractivity contribution is 5.92. The van der Waals surface area contributed by atoms with E-state index in [-0.39, 0.29) is 5.91 Å². The molecule has 0 aromatic heterocycles. The number of anilines is 1. The van der Waals surface area contributed by atoms with Crippen LogP contribution in [0, 0.1) is 5.92 Å². The largest absolute Gasteiger partial charge is 0.497 e. The van der Waals surface area contributed by atoms with Crippen LogP contribution in [-0.4, -0.2) is 39.8 Å². The highest BCUT2D eigenvalue weighted by atomic mass is 16.5. The minimum atomic E-state index is 0.0397. The molecule has 0 spiro atoms. The first kappa shape index (κ1) is 17.6. The summed E-state index contributed by atoms with van der Waals surface area (Å²) in [7, 11) is 3.20. The van der Waals surface area contributed by atoms with Gasteiger partial charge in [-0.25, -0.2) is 0 Å². The van der Waals surface area contributed by atoms with Gasteiger partial charge < -0.3 is 19.7 Å². The summed E-state index contributed by atoms with van der Waals surface area (Å²) in [6, 6.07) is 5.41. The Morgan fingerprint density at radius 3 is 2.65 bits per heavy atom. The lowest BCUT2D eigenvalue weighted by Crippen LogP contribution is -3.12. The van der Waals surface area contributed by atoms with E-state index in [1.807, 2.05) is 12.1 Å². The summed E-state index contributed by atoms with van der Waals surface area (Å²) in [6.07, 6.45) is 4.43. The fraction of sp³-hybridized carbons (Fsp3) is 0.611. The van der Waals surface area contributed by atoms with Crippen LogP contribution in [0.25, 0.3) is 0 Å². The molecule has 1 unspecified atom stereocenters. The number of carbonyl (C=O) groups is 1. The zero-order valence-electron chi connectivity index (χ0n) is 14.5. The number of amides is 1. The Morgan fingerprint density at radius 2 is 2.04 bits per heavy atom. The van der Waals surface area contributed by atoms with Gasteiger partial charge in [0.15, 0.2) is 0 Å². The molecular weight excluding hydrogens is 292 g/mol. The lowest BCUT2D eigenvalue weighted by Gasteiger charge is -2.18. The molecule has 5 nitrogen and oxygen atoms in total. The molecule has 0 aliphatic heterocycles. The Kier molecular flexibility index (Phi) is 6.71. The van der Waals surface area contributed by atoms with Crippen LogP contribution in [0.5, 0.6) is 11.5 Å². The Bertz CT molecular complexity index is 515. The third-order valence-electron chi connectivity index (χ3n) is 4.27. The van der Waals surface area contributed by atoms with Gasteiger partial charge in [-0.3, -0.25) is 4.79 Å². The van der Waals surface area contributed by atoms with Gasteiger partial charge in [0.2, 0.25) is 5.91 Å². The predicted molar refractivity (Wildman–Crippen MR) is 91.4 cm³/mol. The average molecular weight is 321 g/mol. The van der Waals surface area contributed by atoms with Crippen molar-refractivity contribution in [2.75, 3.05) is 39.2 Å². The second kappa shape index (κ2) is 8.77. The standard InChI is InChI=1S/C18H28N2O3/c1-4-10-20(13-14-5-6-14)11-9-18(21)19-16-8-7-15(22-2)12-17(16)23-3/h7-8,12,14H,4-6,9-11,13H2,1-3H3,(H,19,21)/p+1. The SMILES string of the molecule is CCC[NH+](CCC(=O)Nc1ccc(OC)cc1OC)CC1CC1. The van der Waals surface area contributed by atoms with Crippen molar-refractivity contribution in [3.63, 3.8) is 0 Å². The van der Waals surface area contributed by atoms with Crippen LogP contribution in [0.4, 0.5) is 5.69 Å². The second-order valence-electron chi connectivity index (χ2n) is 6.26. The predicted octanol–water partition coefficient (Wildman–Crippen LogP) is 1.74. The third kappa shape index (κ3) is 5.75. The van der Waals surface area contributed by atoms with Gasteiger partial charge in [0.05, 0.1) is 46.0 Å². The number of hydrogen-bond acceptors (Lipinski definition) is 3. The fourth-order valence-electron chi connectivity index (χ4n) is 2.82. The molecule has 1 fully saturated rings. The number of ether oxygens (including phenoxy) is 2. The highest BCUT2D eigenvalue weighted by Gasteiger charge is 2.26. The van der Waals surface area contributed by atoms with Gasteiger partial charge in [0.25, 0.3) is 0 Å². The topological polar surface area (TPSA) is 52.0 Å². The first-order chi connectivity index (χ1) is 11.2. The lowest BCUT2D eigenvalue weighted by atomic mass is 10.2. The van der Waals surface area contributed by atoms with Crippen molar-refractivity contribution in [2.24, 2.45) is 5.92 Å². The van der Waals surface area contributed by atoms with E-state index in [9.17, 15) is 4.79 Å². The van der Waals surface area contributed by atoms with Crippen LogP contribution in [0.15, 0.2) is 18.2 Å². The maximum Gasteiger partial charge on any atom is 0.230 e. The van der Waals surface area contributed by atoms with Crippen molar-refractivity contribution in [3.05, 3.63) is 18.2 Å². The molecule has 1 aliphatic rings. The zero-order chi connectivity index (χ0) is 16.7. The van der Waals surface area contributed by atoms with Crippen molar-refractivity contribution in [3.8, 4) is 11.5 Å². The summed E-state index contributed by atoms with van der Waals surface area (Å²) in [5.74, 6) is 2.26. The third-order valence-corrected chi connectivity index (χ3v) is 4.27. The van der Waals surface area contributed by atoms with E-state index in [1.54, 1.807) is 25.2 Å². The van der Waals surface area contributed by atoms with Crippen LogP contribution >= 0.6 is 0 Å². The Morgan fingerprint density at radius 1 is 1.26 bits per heavy atom. The van der Waals surface area contributed by atoms with E-state index in [0.717, 1.165) is 25.4 Å². The molecule has 1 aromatic rings. The summed E-state index contributed by atoms with van der Waals surface area (Å²) in [5, 5.41) is 2.95. The van der Waals surface area contributed by atoms with Gasteiger partial charge in [-0.15, -0.1) is 0 Å². The molecule has 1 aliphatic carbocycles. The van der Waals surface area contributed by atoms with Crippen molar-refractivity contribution in [1.82, 2.24) is 0 Å². The molecule has 2 rings (SSSR count). The quantitative estimate of drug-likeness (QED) is 0.690. The van der Waals surface area contributed by atoms with E-state index in [4.69, 9.17) is 9.47 Å². The molecule has 1 aromatic carbocycles. The minimum absolute atomic E-state index is 0.0397. The molecular formula is C18H29N2O3+. The number of quaternary nitrogens is 1. The van der Waals surface area contributed by atoms with Crippen LogP contribution in [-0.2, 0) is 4.79 Å². The molecule has 0 heterocycles. The first-order valence-corrected chi connectivity index (χ1v) is 8.51. The molecule has 0 radical (unpaired) electrons. The van der Waals surface area contributed by atoms with Gasteiger partial charge in [-0.2, -0.15) is 0 Å². The molecule has 1 atom stereocenters. The van der Waals surface area contributed by atoms with Crippen molar-refractivity contribution < 1.29 is 19.2 Å². The second-order valence-corrected chi connectivity index (χ2v) is 6.26. The number of carbonyl (C=O) groups excluding carboxylic acids is 1. The summed E-state index contributed by atoms with van der Waals surface area (Å²) in [6.45, 7) is 5.46. The van der Waals surface area contributed by atoms with Crippen LogP contribution in [0.1, 0.15) is 32.6 Å². The van der Waals surface area contributed by atoms with Crippen LogP contribution in [0.3, 0.4) is 0 Å². The molecule has 2 N–H and O–H groups in total. The van der Waals surface area contributed by atoms with Crippen molar-refractivity contribution in [2.45, 2.75) is 32.6 Å². The van der Waals surface area contributed by atoms with Gasteiger partial charge in [0, 0.05) is 12.0 Å². The van der Waals surface area contributed by atoms with E-state index >= 15 is 0 Å². The van der Waals surface area contributed by atoms with Crippen LogP contribution in [0.2, 0.25) is 0 Å². The normalized spacial score (nSPS) is 15.1. The maximum absolute atomic E-state index is 12.2. The fourth-order valence-corrected chi connectivity index (χ4v) is 2.82. The molecule has 1 amide bonds. The molecule has 0 saturated heterocycles. The molecule has 5 heteroatoms. The van der Waals surface area contributed by atoms with Gasteiger partial charge in [0.1, 0.15) is 11.5 Å². The lowest BCUT2D eigenvalue weighted by molar-refractivity contribution is -0.901.